The smallest absolute Gasteiger partial charge is 0.159 e. The zero-order chi connectivity index (χ0) is 11.0. The van der Waals surface area contributed by atoms with E-state index >= 15 is 0 Å². The van der Waals surface area contributed by atoms with Crippen molar-refractivity contribution in [2.24, 2.45) is 0 Å². The normalized spacial score (nSPS) is 10.7. The summed E-state index contributed by atoms with van der Waals surface area (Å²) in [4.78, 5) is 0. The van der Waals surface area contributed by atoms with Crippen LogP contribution in [0.4, 0.5) is 0 Å². The molecule has 0 aliphatic rings. The van der Waals surface area contributed by atoms with Gasteiger partial charge in [-0.3, -0.25) is 0 Å². The molecule has 0 amide bonds. The van der Waals surface area contributed by atoms with Crippen molar-refractivity contribution in [3.63, 3.8) is 0 Å². The molecule has 0 fully saturated rings. The van der Waals surface area contributed by atoms with Crippen LogP contribution < -0.4 is 4.74 Å². The number of aromatic nitrogens is 2. The zero-order valence-corrected chi connectivity index (χ0v) is 9.73. The Kier molecular flexibility index (Phi) is 2.67. The SMILES string of the molecule is COc1cc2c(C)nnc(Cl)c2cc1Cl. The average molecular weight is 243 g/mol. The Morgan fingerprint density at radius 1 is 1.13 bits per heavy atom. The van der Waals surface area contributed by atoms with Gasteiger partial charge in [-0.2, -0.15) is 5.10 Å². The maximum Gasteiger partial charge on any atom is 0.159 e. The number of hydrogen-bond acceptors (Lipinski definition) is 3. The van der Waals surface area contributed by atoms with Crippen LogP contribution in [0.5, 0.6) is 5.75 Å². The largest absolute Gasteiger partial charge is 0.495 e. The van der Waals surface area contributed by atoms with Gasteiger partial charge in [0.2, 0.25) is 0 Å². The lowest BCUT2D eigenvalue weighted by Gasteiger charge is -2.07. The molecule has 0 atom stereocenters. The maximum absolute atomic E-state index is 6.00. The molecule has 0 bridgehead atoms. The predicted molar refractivity (Wildman–Crippen MR) is 60.8 cm³/mol. The van der Waals surface area contributed by atoms with E-state index in [2.05, 4.69) is 10.2 Å². The van der Waals surface area contributed by atoms with Crippen LogP contribution >= 0.6 is 23.2 Å². The number of rotatable bonds is 1. The van der Waals surface area contributed by atoms with Crippen LogP contribution in [-0.2, 0) is 0 Å². The minimum Gasteiger partial charge on any atom is -0.495 e. The van der Waals surface area contributed by atoms with Crippen molar-refractivity contribution in [3.8, 4) is 5.75 Å². The predicted octanol–water partition coefficient (Wildman–Crippen LogP) is 3.25. The summed E-state index contributed by atoms with van der Waals surface area (Å²) in [5, 5.41) is 10.3. The molecular weight excluding hydrogens is 235 g/mol. The van der Waals surface area contributed by atoms with Crippen molar-refractivity contribution >= 4 is 34.0 Å². The van der Waals surface area contributed by atoms with Gasteiger partial charge in [0.05, 0.1) is 17.8 Å². The second kappa shape index (κ2) is 3.83. The minimum absolute atomic E-state index is 0.347. The molecule has 0 aliphatic heterocycles. The molecule has 15 heavy (non-hydrogen) atoms. The van der Waals surface area contributed by atoms with Crippen LogP contribution in [-0.4, -0.2) is 17.3 Å². The van der Waals surface area contributed by atoms with E-state index in [0.29, 0.717) is 15.9 Å². The molecule has 0 saturated carbocycles. The van der Waals surface area contributed by atoms with Crippen molar-refractivity contribution in [3.05, 3.63) is 28.0 Å². The van der Waals surface area contributed by atoms with Crippen molar-refractivity contribution in [2.75, 3.05) is 7.11 Å². The molecule has 1 heterocycles. The zero-order valence-electron chi connectivity index (χ0n) is 8.21. The summed E-state index contributed by atoms with van der Waals surface area (Å²) in [6.07, 6.45) is 0. The fraction of sp³-hybridized carbons (Fsp3) is 0.200. The van der Waals surface area contributed by atoms with Gasteiger partial charge in [-0.15, -0.1) is 5.10 Å². The molecule has 2 rings (SSSR count). The summed E-state index contributed by atoms with van der Waals surface area (Å²) in [6, 6.07) is 3.55. The number of benzene rings is 1. The van der Waals surface area contributed by atoms with Gasteiger partial charge in [-0.1, -0.05) is 23.2 Å². The van der Waals surface area contributed by atoms with E-state index in [1.54, 1.807) is 13.2 Å². The Morgan fingerprint density at radius 2 is 1.87 bits per heavy atom. The van der Waals surface area contributed by atoms with E-state index in [9.17, 15) is 0 Å². The summed E-state index contributed by atoms with van der Waals surface area (Å²) in [5.41, 5.74) is 0.796. The molecule has 1 aromatic carbocycles. The van der Waals surface area contributed by atoms with E-state index in [4.69, 9.17) is 27.9 Å². The molecule has 2 aromatic rings. The second-order valence-electron chi connectivity index (χ2n) is 3.11. The quantitative estimate of drug-likeness (QED) is 0.771. The number of aryl methyl sites for hydroxylation is 1. The third-order valence-corrected chi connectivity index (χ3v) is 2.77. The third-order valence-electron chi connectivity index (χ3n) is 2.19. The highest BCUT2D eigenvalue weighted by molar-refractivity contribution is 6.36. The highest BCUT2D eigenvalue weighted by atomic mass is 35.5. The number of hydrogen-bond donors (Lipinski definition) is 0. The van der Waals surface area contributed by atoms with Crippen LogP contribution in [0.1, 0.15) is 5.69 Å². The Morgan fingerprint density at radius 3 is 2.53 bits per heavy atom. The highest BCUT2D eigenvalue weighted by Crippen LogP contribution is 2.33. The number of ether oxygens (including phenoxy) is 1. The second-order valence-corrected chi connectivity index (χ2v) is 3.87. The molecule has 5 heteroatoms. The minimum atomic E-state index is 0.347. The van der Waals surface area contributed by atoms with E-state index in [1.165, 1.54) is 0 Å². The van der Waals surface area contributed by atoms with Gasteiger partial charge >= 0.3 is 0 Å². The summed E-state index contributed by atoms with van der Waals surface area (Å²) in [7, 11) is 1.57. The first-order valence-electron chi connectivity index (χ1n) is 4.29. The first kappa shape index (κ1) is 10.5. The third kappa shape index (κ3) is 1.73. The molecular formula is C10H8Cl2N2O. The van der Waals surface area contributed by atoms with Crippen molar-refractivity contribution in [1.29, 1.82) is 0 Å². The van der Waals surface area contributed by atoms with Crippen LogP contribution in [0.15, 0.2) is 12.1 Å². The van der Waals surface area contributed by atoms with Crippen molar-refractivity contribution in [2.45, 2.75) is 6.92 Å². The van der Waals surface area contributed by atoms with E-state index in [-0.39, 0.29) is 0 Å². The lowest BCUT2D eigenvalue weighted by molar-refractivity contribution is 0.415. The standard InChI is InChI=1S/C10H8Cl2N2O/c1-5-6-4-9(15-2)8(11)3-7(6)10(12)14-13-5/h3-4H,1-2H3. The first-order valence-corrected chi connectivity index (χ1v) is 5.05. The summed E-state index contributed by atoms with van der Waals surface area (Å²) >= 11 is 11.9. The molecule has 0 radical (unpaired) electrons. The molecule has 0 spiro atoms. The Balaban J connectivity index is 2.86. The van der Waals surface area contributed by atoms with Crippen LogP contribution in [0.3, 0.4) is 0 Å². The number of nitrogens with zero attached hydrogens (tertiary/aromatic N) is 2. The summed E-state index contributed by atoms with van der Waals surface area (Å²) in [5.74, 6) is 0.608. The Bertz CT molecular complexity index is 528. The fourth-order valence-electron chi connectivity index (χ4n) is 1.41. The molecule has 3 nitrogen and oxygen atoms in total. The van der Waals surface area contributed by atoms with Gasteiger partial charge in [-0.25, -0.2) is 0 Å². The van der Waals surface area contributed by atoms with Crippen LogP contribution in [0.25, 0.3) is 10.8 Å². The molecule has 0 saturated heterocycles. The maximum atomic E-state index is 6.00. The number of halogens is 2. The lowest BCUT2D eigenvalue weighted by Crippen LogP contribution is -1.92. The topological polar surface area (TPSA) is 35.0 Å². The fourth-order valence-corrected chi connectivity index (χ4v) is 1.84. The molecule has 0 aliphatic carbocycles. The molecule has 1 aromatic heterocycles. The number of methoxy groups -OCH3 is 1. The van der Waals surface area contributed by atoms with Gasteiger partial charge in [0.25, 0.3) is 0 Å². The van der Waals surface area contributed by atoms with E-state index in [0.717, 1.165) is 16.5 Å². The van der Waals surface area contributed by atoms with E-state index in [1.807, 2.05) is 13.0 Å². The van der Waals surface area contributed by atoms with Crippen molar-refractivity contribution in [1.82, 2.24) is 10.2 Å². The van der Waals surface area contributed by atoms with Gasteiger partial charge in [-0.05, 0) is 19.1 Å². The number of fused-ring (bicyclic) bond motifs is 1. The highest BCUT2D eigenvalue weighted by Gasteiger charge is 2.09. The molecule has 0 N–H and O–H groups in total. The van der Waals surface area contributed by atoms with Gasteiger partial charge in [0.1, 0.15) is 5.75 Å². The van der Waals surface area contributed by atoms with Gasteiger partial charge in [0.15, 0.2) is 5.15 Å². The Hall–Kier alpha value is -1.06. The summed E-state index contributed by atoms with van der Waals surface area (Å²) < 4.78 is 5.12. The van der Waals surface area contributed by atoms with Crippen LogP contribution in [0, 0.1) is 6.92 Å². The molecule has 0 unspecified atom stereocenters. The first-order chi connectivity index (χ1) is 7.13. The van der Waals surface area contributed by atoms with Gasteiger partial charge < -0.3 is 4.74 Å². The van der Waals surface area contributed by atoms with Crippen molar-refractivity contribution < 1.29 is 4.74 Å². The van der Waals surface area contributed by atoms with Gasteiger partial charge in [0, 0.05) is 10.8 Å². The van der Waals surface area contributed by atoms with Crippen LogP contribution in [0.2, 0.25) is 10.2 Å². The monoisotopic (exact) mass is 242 g/mol. The summed E-state index contributed by atoms with van der Waals surface area (Å²) in [6.45, 7) is 1.86. The average Bonchev–Trinajstić information content (AvgIpc) is 2.23. The Labute approximate surface area is 97.0 Å². The molecule has 78 valence electrons. The lowest BCUT2D eigenvalue weighted by atomic mass is 10.1. The van der Waals surface area contributed by atoms with E-state index < -0.39 is 0 Å².